The number of benzene rings is 3. The van der Waals surface area contributed by atoms with Gasteiger partial charge in [-0.3, -0.25) is 9.80 Å². The van der Waals surface area contributed by atoms with E-state index in [1.165, 1.54) is 0 Å². The first kappa shape index (κ1) is 19.3. The van der Waals surface area contributed by atoms with E-state index in [1.807, 2.05) is 90.4 Å². The number of nitrogens with zero attached hydrogens (tertiary/aromatic N) is 3. The molecule has 0 aromatic heterocycles. The summed E-state index contributed by atoms with van der Waals surface area (Å²) in [5.74, 6) is 0. The van der Waals surface area contributed by atoms with Crippen LogP contribution in [0.4, 0.5) is 16.2 Å². The second kappa shape index (κ2) is 7.26. The molecule has 0 bridgehead atoms. The van der Waals surface area contributed by atoms with Crippen LogP contribution >= 0.6 is 0 Å². The zero-order chi connectivity index (χ0) is 21.6. The third kappa shape index (κ3) is 2.99. The highest BCUT2D eigenvalue weighted by Gasteiger charge is 2.63. The van der Waals surface area contributed by atoms with E-state index < -0.39 is 5.54 Å². The topological polar surface area (TPSA) is 56.6 Å². The molecule has 0 aliphatic carbocycles. The molecule has 31 heavy (non-hydrogen) atoms. The van der Waals surface area contributed by atoms with E-state index in [0.29, 0.717) is 18.8 Å². The molecule has 1 atom stereocenters. The number of hydrogen-bond acceptors (Lipinski definition) is 3. The van der Waals surface area contributed by atoms with E-state index in [1.54, 1.807) is 6.07 Å². The Morgan fingerprint density at radius 1 is 0.935 bits per heavy atom. The number of amides is 2. The summed E-state index contributed by atoms with van der Waals surface area (Å²) in [6.45, 7) is 4.95. The molecule has 5 heteroatoms. The number of anilines is 2. The zero-order valence-electron chi connectivity index (χ0n) is 17.6. The first-order valence-electron chi connectivity index (χ1n) is 10.4. The molecule has 1 spiro atoms. The van der Waals surface area contributed by atoms with Crippen molar-refractivity contribution < 1.29 is 9.53 Å². The summed E-state index contributed by atoms with van der Waals surface area (Å²) in [5, 5.41) is 9.46. The van der Waals surface area contributed by atoms with Gasteiger partial charge in [-0.1, -0.05) is 47.5 Å². The van der Waals surface area contributed by atoms with Crippen molar-refractivity contribution in [3.05, 3.63) is 95.1 Å². The molecular formula is C26H23N3O2. The number of hydrogen-bond donors (Lipinski definition) is 0. The van der Waals surface area contributed by atoms with Crippen molar-refractivity contribution in [2.45, 2.75) is 25.4 Å². The lowest BCUT2D eigenvalue weighted by atomic mass is 9.82. The van der Waals surface area contributed by atoms with Crippen LogP contribution < -0.4 is 9.80 Å². The molecule has 0 N–H and O–H groups in total. The van der Waals surface area contributed by atoms with Gasteiger partial charge >= 0.3 is 6.03 Å². The first-order valence-corrected chi connectivity index (χ1v) is 10.4. The Morgan fingerprint density at radius 2 is 1.55 bits per heavy atom. The lowest BCUT2D eigenvalue weighted by Gasteiger charge is -2.47. The fourth-order valence-corrected chi connectivity index (χ4v) is 4.63. The number of nitriles is 1. The summed E-state index contributed by atoms with van der Waals surface area (Å²) in [7, 11) is 0. The summed E-state index contributed by atoms with van der Waals surface area (Å²) in [6, 6.07) is 25.5. The average molecular weight is 409 g/mol. The van der Waals surface area contributed by atoms with Gasteiger partial charge in [0.25, 0.3) is 0 Å². The lowest BCUT2D eigenvalue weighted by molar-refractivity contribution is -0.0580. The van der Waals surface area contributed by atoms with Gasteiger partial charge in [-0.05, 0) is 55.8 Å². The maximum atomic E-state index is 14.0. The van der Waals surface area contributed by atoms with Crippen LogP contribution in [0.1, 0.15) is 28.3 Å². The van der Waals surface area contributed by atoms with Gasteiger partial charge in [0.05, 0.1) is 30.9 Å². The van der Waals surface area contributed by atoms with Gasteiger partial charge in [-0.25, -0.2) is 4.79 Å². The standard InChI is InChI=1S/C26H23N3O2/c1-18-6-10-22(11-7-18)28-24(21-5-3-4-20(14-21)15-27)26(16-31-17-26)29(25(28)30)23-12-8-19(2)9-13-23/h3-14,24H,16-17H2,1-2H3. The Balaban J connectivity index is 1.71. The van der Waals surface area contributed by atoms with Gasteiger partial charge in [0.1, 0.15) is 5.54 Å². The van der Waals surface area contributed by atoms with Crippen molar-refractivity contribution in [2.75, 3.05) is 23.0 Å². The molecule has 2 aliphatic rings. The van der Waals surface area contributed by atoms with Crippen LogP contribution in [0.2, 0.25) is 0 Å². The van der Waals surface area contributed by atoms with Crippen molar-refractivity contribution in [1.29, 1.82) is 5.26 Å². The fraction of sp³-hybridized carbons (Fsp3) is 0.231. The molecule has 3 aromatic rings. The minimum Gasteiger partial charge on any atom is -0.376 e. The third-order valence-electron chi connectivity index (χ3n) is 6.25. The highest BCUT2D eigenvalue weighted by atomic mass is 16.5. The predicted octanol–water partition coefficient (Wildman–Crippen LogP) is 5.13. The van der Waals surface area contributed by atoms with Gasteiger partial charge in [0, 0.05) is 11.4 Å². The molecule has 0 saturated carbocycles. The quantitative estimate of drug-likeness (QED) is 0.602. The third-order valence-corrected chi connectivity index (χ3v) is 6.25. The molecule has 2 saturated heterocycles. The second-order valence-electron chi connectivity index (χ2n) is 8.40. The van der Waals surface area contributed by atoms with Crippen LogP contribution in [0.15, 0.2) is 72.8 Å². The van der Waals surface area contributed by atoms with Gasteiger partial charge in [0.2, 0.25) is 0 Å². The average Bonchev–Trinajstić information content (AvgIpc) is 3.04. The molecule has 2 amide bonds. The Kier molecular flexibility index (Phi) is 4.53. The summed E-state index contributed by atoms with van der Waals surface area (Å²) >= 11 is 0. The highest BCUT2D eigenvalue weighted by molar-refractivity contribution is 6.09. The molecule has 5 rings (SSSR count). The molecule has 2 aliphatic heterocycles. The number of carbonyl (C=O) groups is 1. The van der Waals surface area contributed by atoms with Crippen LogP contribution in [0.25, 0.3) is 0 Å². The number of ether oxygens (including phenoxy) is 1. The van der Waals surface area contributed by atoms with E-state index in [4.69, 9.17) is 4.74 Å². The maximum Gasteiger partial charge on any atom is 0.330 e. The number of urea groups is 1. The van der Waals surface area contributed by atoms with Crippen LogP contribution in [0.3, 0.4) is 0 Å². The Hall–Kier alpha value is -3.62. The molecule has 3 aromatic carbocycles. The molecule has 2 fully saturated rings. The molecule has 5 nitrogen and oxygen atoms in total. The number of aryl methyl sites for hydroxylation is 2. The van der Waals surface area contributed by atoms with Crippen LogP contribution in [0, 0.1) is 25.2 Å². The SMILES string of the molecule is Cc1ccc(N2C(=O)N(c3ccc(C)cc3)C3(COC3)C2c2cccc(C#N)c2)cc1. The predicted molar refractivity (Wildman–Crippen MR) is 120 cm³/mol. The summed E-state index contributed by atoms with van der Waals surface area (Å²) in [6.07, 6.45) is 0. The lowest BCUT2D eigenvalue weighted by Crippen LogP contribution is -2.62. The smallest absolute Gasteiger partial charge is 0.330 e. The number of carbonyl (C=O) groups excluding carboxylic acids is 1. The highest BCUT2D eigenvalue weighted by Crippen LogP contribution is 2.51. The monoisotopic (exact) mass is 409 g/mol. The summed E-state index contributed by atoms with van der Waals surface area (Å²) < 4.78 is 5.71. The van der Waals surface area contributed by atoms with Crippen molar-refractivity contribution in [3.63, 3.8) is 0 Å². The van der Waals surface area contributed by atoms with Gasteiger partial charge in [0.15, 0.2) is 0 Å². The minimum absolute atomic E-state index is 0.0802. The van der Waals surface area contributed by atoms with Crippen molar-refractivity contribution in [3.8, 4) is 6.07 Å². The summed E-state index contributed by atoms with van der Waals surface area (Å²) in [4.78, 5) is 17.7. The largest absolute Gasteiger partial charge is 0.376 e. The van der Waals surface area contributed by atoms with E-state index in [2.05, 4.69) is 6.07 Å². The molecule has 2 heterocycles. The van der Waals surface area contributed by atoms with Gasteiger partial charge in [-0.2, -0.15) is 5.26 Å². The second-order valence-corrected chi connectivity index (χ2v) is 8.40. The van der Waals surface area contributed by atoms with Crippen molar-refractivity contribution >= 4 is 17.4 Å². The van der Waals surface area contributed by atoms with E-state index in [0.717, 1.165) is 28.1 Å². The Morgan fingerprint density at radius 3 is 2.10 bits per heavy atom. The van der Waals surface area contributed by atoms with Gasteiger partial charge in [-0.15, -0.1) is 0 Å². The Labute approximate surface area is 182 Å². The van der Waals surface area contributed by atoms with E-state index in [-0.39, 0.29) is 12.1 Å². The summed E-state index contributed by atoms with van der Waals surface area (Å²) in [5.41, 5.74) is 4.95. The number of rotatable bonds is 3. The maximum absolute atomic E-state index is 14.0. The molecular weight excluding hydrogens is 386 g/mol. The fourth-order valence-electron chi connectivity index (χ4n) is 4.63. The van der Waals surface area contributed by atoms with Crippen molar-refractivity contribution in [2.24, 2.45) is 0 Å². The first-order chi connectivity index (χ1) is 15.0. The molecule has 0 radical (unpaired) electrons. The van der Waals surface area contributed by atoms with E-state index in [9.17, 15) is 10.1 Å². The zero-order valence-corrected chi connectivity index (χ0v) is 17.6. The van der Waals surface area contributed by atoms with Crippen LogP contribution in [-0.4, -0.2) is 24.8 Å². The van der Waals surface area contributed by atoms with Crippen LogP contribution in [0.5, 0.6) is 0 Å². The molecule has 154 valence electrons. The van der Waals surface area contributed by atoms with Gasteiger partial charge < -0.3 is 4.74 Å². The minimum atomic E-state index is -0.536. The van der Waals surface area contributed by atoms with Crippen LogP contribution in [-0.2, 0) is 4.74 Å². The molecule has 1 unspecified atom stereocenters. The normalized spacial score (nSPS) is 19.4. The van der Waals surface area contributed by atoms with E-state index >= 15 is 0 Å². The Bertz CT molecular complexity index is 1170. The van der Waals surface area contributed by atoms with Crippen molar-refractivity contribution in [1.82, 2.24) is 0 Å².